The lowest BCUT2D eigenvalue weighted by molar-refractivity contribution is -0.116. The van der Waals surface area contributed by atoms with E-state index in [1.165, 1.54) is 12.1 Å². The first-order valence-corrected chi connectivity index (χ1v) is 12.3. The Hall–Kier alpha value is -4.92. The molecule has 0 fully saturated rings. The number of rotatable bonds is 6. The van der Waals surface area contributed by atoms with E-state index in [1.807, 2.05) is 50.2 Å². The zero-order valence-electron chi connectivity index (χ0n) is 20.8. The molecule has 0 bridgehead atoms. The number of aryl methyl sites for hydroxylation is 1. The Morgan fingerprint density at radius 1 is 1.05 bits per heavy atom. The van der Waals surface area contributed by atoms with Crippen LogP contribution in [0.15, 0.2) is 67.1 Å². The predicted octanol–water partition coefficient (Wildman–Crippen LogP) is 6.42. The first-order valence-electron chi connectivity index (χ1n) is 12.3. The summed E-state index contributed by atoms with van der Waals surface area (Å²) < 4.78 is 14.1. The van der Waals surface area contributed by atoms with E-state index in [9.17, 15) is 9.18 Å². The van der Waals surface area contributed by atoms with Crippen LogP contribution in [0.1, 0.15) is 25.3 Å². The van der Waals surface area contributed by atoms with Crippen LogP contribution in [-0.4, -0.2) is 36.0 Å². The Bertz CT molecular complexity index is 1800. The van der Waals surface area contributed by atoms with Gasteiger partial charge in [-0.05, 0) is 72.5 Å². The number of aromatic amines is 2. The molecule has 0 aliphatic heterocycles. The number of nitrogens with zero attached hydrogens (tertiary/aromatic N) is 4. The van der Waals surface area contributed by atoms with Gasteiger partial charge in [-0.1, -0.05) is 13.0 Å². The van der Waals surface area contributed by atoms with Crippen molar-refractivity contribution in [2.75, 3.05) is 5.32 Å². The number of benzene rings is 1. The summed E-state index contributed by atoms with van der Waals surface area (Å²) in [7, 11) is 0. The van der Waals surface area contributed by atoms with Crippen LogP contribution in [0.2, 0.25) is 0 Å². The van der Waals surface area contributed by atoms with Crippen molar-refractivity contribution in [3.63, 3.8) is 0 Å². The quantitative estimate of drug-likeness (QED) is 0.242. The van der Waals surface area contributed by atoms with Crippen LogP contribution in [0.3, 0.4) is 0 Å². The molecule has 1 amide bonds. The van der Waals surface area contributed by atoms with E-state index in [0.717, 1.165) is 45.3 Å². The van der Waals surface area contributed by atoms with E-state index in [1.54, 1.807) is 18.6 Å². The highest BCUT2D eigenvalue weighted by molar-refractivity contribution is 5.99. The van der Waals surface area contributed by atoms with Crippen LogP contribution in [0.4, 0.5) is 10.1 Å². The largest absolute Gasteiger partial charge is 0.338 e. The number of amides is 1. The summed E-state index contributed by atoms with van der Waals surface area (Å²) >= 11 is 0. The van der Waals surface area contributed by atoms with Crippen LogP contribution in [-0.2, 0) is 4.79 Å². The number of carbonyl (C=O) groups excluding carboxylic acids is 1. The molecule has 0 aliphatic carbocycles. The van der Waals surface area contributed by atoms with Crippen LogP contribution >= 0.6 is 0 Å². The Kier molecular flexibility index (Phi) is 5.88. The van der Waals surface area contributed by atoms with Gasteiger partial charge in [0.2, 0.25) is 5.91 Å². The maximum Gasteiger partial charge on any atom is 0.224 e. The van der Waals surface area contributed by atoms with E-state index in [-0.39, 0.29) is 11.7 Å². The van der Waals surface area contributed by atoms with Gasteiger partial charge in [-0.2, -0.15) is 5.10 Å². The third kappa shape index (κ3) is 4.39. The number of fused-ring (bicyclic) bond motifs is 2. The number of hydrogen-bond donors (Lipinski definition) is 3. The molecule has 6 rings (SSSR count). The van der Waals surface area contributed by atoms with Crippen LogP contribution in [0.5, 0.6) is 0 Å². The molecule has 6 aromatic rings. The molecule has 5 aromatic heterocycles. The summed E-state index contributed by atoms with van der Waals surface area (Å²) in [6.07, 6.45) is 6.26. The van der Waals surface area contributed by atoms with Gasteiger partial charge in [-0.25, -0.2) is 14.4 Å². The third-order valence-corrected chi connectivity index (χ3v) is 6.34. The molecule has 0 atom stereocenters. The Morgan fingerprint density at radius 2 is 1.95 bits per heavy atom. The maximum absolute atomic E-state index is 14.1. The second kappa shape index (κ2) is 9.51. The molecule has 8 nitrogen and oxygen atoms in total. The predicted molar refractivity (Wildman–Crippen MR) is 146 cm³/mol. The number of pyridine rings is 3. The molecule has 9 heteroatoms. The zero-order chi connectivity index (χ0) is 26.2. The van der Waals surface area contributed by atoms with Crippen molar-refractivity contribution in [3.05, 3.63) is 78.5 Å². The topological polar surface area (TPSA) is 112 Å². The van der Waals surface area contributed by atoms with E-state index < -0.39 is 0 Å². The van der Waals surface area contributed by atoms with E-state index in [0.29, 0.717) is 34.7 Å². The molecular formula is C29H24FN7O. The summed E-state index contributed by atoms with van der Waals surface area (Å²) in [6.45, 7) is 3.83. The second-order valence-corrected chi connectivity index (χ2v) is 9.25. The lowest BCUT2D eigenvalue weighted by Crippen LogP contribution is -2.10. The molecule has 0 radical (unpaired) electrons. The summed E-state index contributed by atoms with van der Waals surface area (Å²) in [5, 5.41) is 11.3. The number of halogens is 1. The lowest BCUT2D eigenvalue weighted by Gasteiger charge is -2.06. The van der Waals surface area contributed by atoms with Crippen molar-refractivity contribution in [2.24, 2.45) is 0 Å². The first kappa shape index (κ1) is 23.5. The average Bonchev–Trinajstić information content (AvgIpc) is 3.52. The first-order chi connectivity index (χ1) is 18.5. The monoisotopic (exact) mass is 505 g/mol. The Balaban J connectivity index is 1.41. The fraction of sp³-hybridized carbons (Fsp3) is 0.138. The number of carbonyl (C=O) groups is 1. The summed E-state index contributed by atoms with van der Waals surface area (Å²) in [4.78, 5) is 29.0. The third-order valence-electron chi connectivity index (χ3n) is 6.34. The van der Waals surface area contributed by atoms with E-state index in [4.69, 9.17) is 4.98 Å². The normalized spacial score (nSPS) is 11.3. The number of anilines is 1. The van der Waals surface area contributed by atoms with Gasteiger partial charge in [0, 0.05) is 29.8 Å². The van der Waals surface area contributed by atoms with Gasteiger partial charge >= 0.3 is 0 Å². The molecule has 0 aliphatic rings. The summed E-state index contributed by atoms with van der Waals surface area (Å²) in [5.74, 6) is -0.327. The van der Waals surface area contributed by atoms with Gasteiger partial charge < -0.3 is 10.3 Å². The Labute approximate surface area is 217 Å². The molecular weight excluding hydrogens is 481 g/mol. The van der Waals surface area contributed by atoms with Crippen LogP contribution < -0.4 is 5.32 Å². The summed E-state index contributed by atoms with van der Waals surface area (Å²) in [5.41, 5.74) is 8.11. The molecule has 0 unspecified atom stereocenters. The van der Waals surface area contributed by atoms with Gasteiger partial charge in [-0.15, -0.1) is 0 Å². The molecule has 0 saturated heterocycles. The highest BCUT2D eigenvalue weighted by Crippen LogP contribution is 2.34. The van der Waals surface area contributed by atoms with Crippen molar-refractivity contribution >= 4 is 33.7 Å². The zero-order valence-corrected chi connectivity index (χ0v) is 20.8. The second-order valence-electron chi connectivity index (χ2n) is 9.25. The molecule has 3 N–H and O–H groups in total. The molecule has 0 spiro atoms. The fourth-order valence-electron chi connectivity index (χ4n) is 4.64. The van der Waals surface area contributed by atoms with Gasteiger partial charge in [0.05, 0.1) is 28.8 Å². The lowest BCUT2D eigenvalue weighted by atomic mass is 10.0. The van der Waals surface area contributed by atoms with Crippen molar-refractivity contribution in [1.82, 2.24) is 30.1 Å². The SMILES string of the molecule is CCCC(=O)Nc1cncc(-c2ccc3[nH]nc(-c4cc5c(-c6cc(C)cc(F)c6)ccnc5[nH]4)c3n2)c1. The Morgan fingerprint density at radius 3 is 2.79 bits per heavy atom. The summed E-state index contributed by atoms with van der Waals surface area (Å²) in [6, 6.07) is 14.5. The van der Waals surface area contributed by atoms with Crippen LogP contribution in [0, 0.1) is 12.7 Å². The van der Waals surface area contributed by atoms with Crippen molar-refractivity contribution in [3.8, 4) is 33.8 Å². The molecule has 5 heterocycles. The van der Waals surface area contributed by atoms with Gasteiger partial charge in [0.25, 0.3) is 0 Å². The van der Waals surface area contributed by atoms with Crippen LogP contribution in [0.25, 0.3) is 55.8 Å². The molecule has 188 valence electrons. The fourth-order valence-corrected chi connectivity index (χ4v) is 4.64. The average molecular weight is 506 g/mol. The van der Waals surface area contributed by atoms with Gasteiger partial charge in [0.1, 0.15) is 22.7 Å². The van der Waals surface area contributed by atoms with Crippen molar-refractivity contribution < 1.29 is 9.18 Å². The van der Waals surface area contributed by atoms with Crippen molar-refractivity contribution in [2.45, 2.75) is 26.7 Å². The minimum Gasteiger partial charge on any atom is -0.338 e. The minimum atomic E-state index is -0.278. The number of aromatic nitrogens is 6. The molecule has 0 saturated carbocycles. The van der Waals surface area contributed by atoms with Gasteiger partial charge in [-0.3, -0.25) is 14.9 Å². The molecule has 1 aromatic carbocycles. The number of H-pyrrole nitrogens is 2. The van der Waals surface area contributed by atoms with Crippen molar-refractivity contribution in [1.29, 1.82) is 0 Å². The van der Waals surface area contributed by atoms with E-state index >= 15 is 0 Å². The maximum atomic E-state index is 14.1. The standard InChI is InChI=1S/C29H24FN7O/c1-3-4-26(38)33-20-12-18(14-31-15-20)23-5-6-24-27(34-23)28(37-36-24)25-13-22-21(7-8-32-29(22)35-25)17-9-16(2)10-19(30)11-17/h5-15H,3-4H2,1-2H3,(H,32,35)(H,33,38)(H,36,37). The number of hydrogen-bond acceptors (Lipinski definition) is 5. The number of nitrogens with one attached hydrogen (secondary N) is 3. The minimum absolute atomic E-state index is 0.0489. The molecule has 38 heavy (non-hydrogen) atoms. The highest BCUT2D eigenvalue weighted by Gasteiger charge is 2.16. The van der Waals surface area contributed by atoms with Gasteiger partial charge in [0.15, 0.2) is 0 Å². The smallest absolute Gasteiger partial charge is 0.224 e. The highest BCUT2D eigenvalue weighted by atomic mass is 19.1. The van der Waals surface area contributed by atoms with E-state index in [2.05, 4.69) is 30.5 Å².